The Morgan fingerprint density at radius 2 is 0.523 bits per heavy atom. The second-order valence-corrected chi connectivity index (χ2v) is 33.4. The van der Waals surface area contributed by atoms with Crippen LogP contribution in [0.15, 0.2) is 350 Å². The van der Waals surface area contributed by atoms with Crippen molar-refractivity contribution in [2.75, 3.05) is 33.5 Å². The highest BCUT2D eigenvalue weighted by atomic mass is 32.2. The van der Waals surface area contributed by atoms with Gasteiger partial charge in [-0.15, -0.1) is 0 Å². The number of esters is 3. The zero-order valence-electron chi connectivity index (χ0n) is 63.4. The molecule has 0 aliphatic carbocycles. The summed E-state index contributed by atoms with van der Waals surface area (Å²) in [5.74, 6) is 1.57. The Balaban J connectivity index is 0.000000168. The Kier molecular flexibility index (Phi) is 31.3. The molecule has 0 saturated heterocycles. The van der Waals surface area contributed by atoms with Crippen LogP contribution in [0.1, 0.15) is 71.2 Å². The molecule has 0 spiro atoms. The van der Waals surface area contributed by atoms with E-state index in [-0.39, 0.29) is 62.1 Å². The SMILES string of the molecule is CCC(=O)Oc1c(C)cc([S+](c2ccccc2)c2ccccc2)cc1C.CCOc1c(C)cc([S+](c2ccccc2)c2ccccc2)cc1C.COC(=O)COc1c(C)cc([S+](c2ccccc2)c2ccccc2)cc1C.Cc1cc([S+](c2ccccc2)c2ccccc2)cc(C)c1OCC(=O)OCCC(F)(F)F. The summed E-state index contributed by atoms with van der Waals surface area (Å²) in [6, 6.07) is 101. The third-order valence-electron chi connectivity index (χ3n) is 16.8. The van der Waals surface area contributed by atoms with Crippen LogP contribution >= 0.6 is 0 Å². The Morgan fingerprint density at radius 1 is 0.303 bits per heavy atom. The van der Waals surface area contributed by atoms with Gasteiger partial charge >= 0.3 is 24.1 Å². The first-order valence-corrected chi connectivity index (χ1v) is 40.8. The highest BCUT2D eigenvalue weighted by molar-refractivity contribution is 7.98. The molecule has 9 nitrogen and oxygen atoms in total. The minimum Gasteiger partial charge on any atom is -0.493 e. The summed E-state index contributed by atoms with van der Waals surface area (Å²) in [5.41, 5.74) is 8.10. The first-order valence-electron chi connectivity index (χ1n) is 35.9. The van der Waals surface area contributed by atoms with Gasteiger partial charge in [0.05, 0.1) is 63.7 Å². The monoisotopic (exact) mass is 1540 g/mol. The standard InChI is InChI=1S/C25H24F3O3S.C23H23O3S.C23H23O2S.C22H23OS/c1-18-15-22(32(20-9-5-3-6-10-20)21-11-7-4-8-12-21)16-19(2)24(18)31-17-23(29)30-14-13-25(26,27)28;1-17-14-21(15-18(2)23(17)26-16-22(24)25-3)27(19-10-6-4-7-11-19)20-12-8-5-9-13-20;1-4-22(24)25-23-17(2)15-21(16-18(23)3)26(19-11-7-5-8-12-19)20-13-9-6-10-14-20;1-4-23-22-17(2)15-21(16-18(22)3)24(19-11-7-5-8-12-19)20-13-9-6-10-14-20/h3-12,15-16H,13-14,17H2,1-2H3;4-15H,16H2,1-3H3;5-16H,4H2,1-3H3;5-16H,4H2,1-3H3/q4*+1. The molecule has 12 aromatic carbocycles. The van der Waals surface area contributed by atoms with E-state index in [9.17, 15) is 27.6 Å². The van der Waals surface area contributed by atoms with Crippen molar-refractivity contribution in [3.8, 4) is 23.0 Å². The van der Waals surface area contributed by atoms with E-state index >= 15 is 0 Å². The molecule has 0 amide bonds. The minimum absolute atomic E-state index is 0.0827. The quantitative estimate of drug-likeness (QED) is 0.0332. The number of ether oxygens (including phenoxy) is 6. The van der Waals surface area contributed by atoms with Gasteiger partial charge in [-0.2, -0.15) is 13.2 Å². The van der Waals surface area contributed by atoms with Crippen LogP contribution in [0.2, 0.25) is 0 Å². The Bertz CT molecular complexity index is 4620. The predicted octanol–water partition coefficient (Wildman–Crippen LogP) is 22.7. The maximum absolute atomic E-state index is 12.2. The second-order valence-electron chi connectivity index (χ2n) is 25.3. The van der Waals surface area contributed by atoms with Crippen LogP contribution < -0.4 is 18.9 Å². The molecule has 0 saturated carbocycles. The lowest BCUT2D eigenvalue weighted by Crippen LogP contribution is -2.19. The summed E-state index contributed by atoms with van der Waals surface area (Å²) >= 11 is 0. The lowest BCUT2D eigenvalue weighted by atomic mass is 10.1. The third kappa shape index (κ3) is 23.8. The molecule has 12 aromatic rings. The van der Waals surface area contributed by atoms with Crippen LogP contribution in [0.3, 0.4) is 0 Å². The molecule has 0 heterocycles. The van der Waals surface area contributed by atoms with Crippen LogP contribution in [0.25, 0.3) is 0 Å². The number of alkyl halides is 3. The van der Waals surface area contributed by atoms with E-state index < -0.39 is 31.8 Å². The molecular formula is C93H93F3O9S4+4. The zero-order chi connectivity index (χ0) is 77.8. The Morgan fingerprint density at radius 3 is 0.734 bits per heavy atom. The van der Waals surface area contributed by atoms with Crippen LogP contribution in [0.5, 0.6) is 23.0 Å². The van der Waals surface area contributed by atoms with Gasteiger partial charge in [0.15, 0.2) is 72.0 Å². The molecule has 0 aliphatic rings. The van der Waals surface area contributed by atoms with Gasteiger partial charge in [-0.05, 0) is 204 Å². The predicted molar refractivity (Wildman–Crippen MR) is 436 cm³/mol. The highest BCUT2D eigenvalue weighted by Gasteiger charge is 2.35. The Labute approximate surface area is 652 Å². The van der Waals surface area contributed by atoms with Gasteiger partial charge in [-0.25, -0.2) is 9.59 Å². The molecular weight excluding hydrogens is 1450 g/mol. The summed E-state index contributed by atoms with van der Waals surface area (Å²) in [4.78, 5) is 49.9. The molecule has 0 aromatic heterocycles. The van der Waals surface area contributed by atoms with E-state index in [4.69, 9.17) is 18.9 Å². The topological polar surface area (TPSA) is 107 Å². The number of carbonyl (C=O) groups is 3. The van der Waals surface area contributed by atoms with Crippen LogP contribution in [-0.2, 0) is 67.4 Å². The fourth-order valence-electron chi connectivity index (χ4n) is 12.0. The van der Waals surface area contributed by atoms with E-state index in [1.54, 1.807) is 0 Å². The molecule has 16 heteroatoms. The Hall–Kier alpha value is -10.4. The zero-order valence-corrected chi connectivity index (χ0v) is 66.7. The summed E-state index contributed by atoms with van der Waals surface area (Å²) < 4.78 is 68.5. The normalized spacial score (nSPS) is 11.0. The van der Waals surface area contributed by atoms with Gasteiger partial charge < -0.3 is 28.4 Å². The molecule has 0 fully saturated rings. The van der Waals surface area contributed by atoms with Crippen molar-refractivity contribution in [1.29, 1.82) is 0 Å². The lowest BCUT2D eigenvalue weighted by Gasteiger charge is -2.14. The third-order valence-corrected chi connectivity index (χ3v) is 25.6. The molecule has 109 heavy (non-hydrogen) atoms. The molecule has 0 bridgehead atoms. The largest absolute Gasteiger partial charge is 0.493 e. The molecule has 0 unspecified atom stereocenters. The van der Waals surface area contributed by atoms with Crippen molar-refractivity contribution in [2.24, 2.45) is 0 Å². The maximum atomic E-state index is 12.2. The number of methoxy groups -OCH3 is 1. The number of carbonyl (C=O) groups excluding carboxylic acids is 3. The molecule has 0 N–H and O–H groups in total. The van der Waals surface area contributed by atoms with Crippen molar-refractivity contribution in [2.45, 2.75) is 147 Å². The molecule has 560 valence electrons. The van der Waals surface area contributed by atoms with E-state index in [0.717, 1.165) is 49.8 Å². The van der Waals surface area contributed by atoms with Crippen molar-refractivity contribution in [3.05, 3.63) is 336 Å². The fraction of sp³-hybridized carbons (Fsp3) is 0.194. The van der Waals surface area contributed by atoms with Gasteiger partial charge in [-0.3, -0.25) is 4.79 Å². The van der Waals surface area contributed by atoms with E-state index in [0.29, 0.717) is 24.5 Å². The molecule has 0 aliphatic heterocycles. The summed E-state index contributed by atoms with van der Waals surface area (Å²) in [6.45, 7) is 19.4. The van der Waals surface area contributed by atoms with E-state index in [2.05, 4.69) is 242 Å². The second kappa shape index (κ2) is 41.3. The number of hydrogen-bond acceptors (Lipinski definition) is 9. The van der Waals surface area contributed by atoms with Crippen molar-refractivity contribution >= 4 is 61.5 Å². The van der Waals surface area contributed by atoms with Gasteiger partial charge in [0.2, 0.25) is 0 Å². The van der Waals surface area contributed by atoms with Gasteiger partial charge in [0.1, 0.15) is 29.6 Å². The molecule has 12 rings (SSSR count). The van der Waals surface area contributed by atoms with E-state index in [1.165, 1.54) is 72.1 Å². The minimum atomic E-state index is -4.36. The van der Waals surface area contributed by atoms with Gasteiger partial charge in [-0.1, -0.05) is 153 Å². The maximum Gasteiger partial charge on any atom is 0.392 e. The van der Waals surface area contributed by atoms with Crippen LogP contribution in [0.4, 0.5) is 13.2 Å². The summed E-state index contributed by atoms with van der Waals surface area (Å²) in [5, 5.41) is 0. The first kappa shape index (κ1) is 82.7. The number of aryl methyl sites for hydroxylation is 8. The highest BCUT2D eigenvalue weighted by Crippen LogP contribution is 2.41. The number of hydrogen-bond donors (Lipinski definition) is 0. The molecule has 0 atom stereocenters. The van der Waals surface area contributed by atoms with Crippen LogP contribution in [-0.4, -0.2) is 57.6 Å². The smallest absolute Gasteiger partial charge is 0.392 e. The van der Waals surface area contributed by atoms with E-state index in [1.807, 2.05) is 128 Å². The van der Waals surface area contributed by atoms with Gasteiger partial charge in [0.25, 0.3) is 0 Å². The fourth-order valence-corrected chi connectivity index (χ4v) is 21.1. The summed E-state index contributed by atoms with van der Waals surface area (Å²) in [6.07, 6.45) is -5.16. The van der Waals surface area contributed by atoms with Crippen molar-refractivity contribution < 1.29 is 56.0 Å². The average Bonchev–Trinajstić information content (AvgIpc) is 0.812. The van der Waals surface area contributed by atoms with Crippen molar-refractivity contribution in [1.82, 2.24) is 0 Å². The number of benzene rings is 12. The number of halogens is 3. The summed E-state index contributed by atoms with van der Waals surface area (Å²) in [7, 11) is 0.532. The van der Waals surface area contributed by atoms with Crippen LogP contribution in [0, 0.1) is 55.4 Å². The average molecular weight is 1540 g/mol. The lowest BCUT2D eigenvalue weighted by molar-refractivity contribution is -0.160. The van der Waals surface area contributed by atoms with Gasteiger partial charge in [0, 0.05) is 55.0 Å². The first-order chi connectivity index (χ1) is 52.6. The van der Waals surface area contributed by atoms with Crippen molar-refractivity contribution in [3.63, 3.8) is 0 Å². The molecule has 0 radical (unpaired) electrons. The number of rotatable bonds is 24.